The number of hydrogen-bond acceptors (Lipinski definition) is 7. The normalized spacial score (nSPS) is 12.6. The molecule has 2 atom stereocenters. The van der Waals surface area contributed by atoms with Crippen LogP contribution >= 0.6 is 0 Å². The highest BCUT2D eigenvalue weighted by Gasteiger charge is 2.25. The summed E-state index contributed by atoms with van der Waals surface area (Å²) in [6.45, 7) is 2.27. The molecule has 186 valence electrons. The number of rotatable bonds is 10. The number of benzene rings is 2. The fourth-order valence-electron chi connectivity index (χ4n) is 3.38. The number of carbonyl (C=O) groups is 2. The highest BCUT2D eigenvalue weighted by atomic mass is 19.2. The van der Waals surface area contributed by atoms with E-state index in [-0.39, 0.29) is 31.0 Å². The van der Waals surface area contributed by atoms with Crippen molar-refractivity contribution in [3.63, 3.8) is 0 Å². The molecule has 2 amide bonds. The number of ether oxygens (including phenoxy) is 1. The Labute approximate surface area is 200 Å². The Bertz CT molecular complexity index is 1140. The molecule has 0 unspecified atom stereocenters. The van der Waals surface area contributed by atoms with Gasteiger partial charge in [-0.25, -0.2) is 19.0 Å². The van der Waals surface area contributed by atoms with Crippen LogP contribution in [0, 0.1) is 11.6 Å². The number of amides is 2. The van der Waals surface area contributed by atoms with Gasteiger partial charge in [0, 0.05) is 30.7 Å². The Balaban J connectivity index is 1.62. The van der Waals surface area contributed by atoms with Gasteiger partial charge >= 0.3 is 6.09 Å². The summed E-state index contributed by atoms with van der Waals surface area (Å²) in [6.07, 6.45) is -1.65. The van der Waals surface area contributed by atoms with Crippen LogP contribution in [0.1, 0.15) is 25.8 Å². The average molecular weight is 488 g/mol. The lowest BCUT2D eigenvalue weighted by Gasteiger charge is -2.31. The van der Waals surface area contributed by atoms with Crippen molar-refractivity contribution < 1.29 is 32.7 Å². The molecular weight excluding hydrogens is 462 g/mol. The lowest BCUT2D eigenvalue weighted by molar-refractivity contribution is -0.137. The van der Waals surface area contributed by atoms with E-state index >= 15 is 0 Å². The van der Waals surface area contributed by atoms with Crippen molar-refractivity contribution in [3.05, 3.63) is 71.8 Å². The van der Waals surface area contributed by atoms with E-state index in [1.54, 1.807) is 0 Å². The van der Waals surface area contributed by atoms with Gasteiger partial charge in [-0.2, -0.15) is 0 Å². The van der Waals surface area contributed by atoms with Crippen LogP contribution in [0.15, 0.2) is 59.1 Å². The number of aliphatic hydroxyl groups is 1. The topological polar surface area (TPSA) is 117 Å². The van der Waals surface area contributed by atoms with Gasteiger partial charge in [0.05, 0.1) is 12.1 Å². The summed E-state index contributed by atoms with van der Waals surface area (Å²) in [6, 6.07) is 13.6. The summed E-state index contributed by atoms with van der Waals surface area (Å²) in [5.41, 5.74) is 3.51. The predicted octanol–water partition coefficient (Wildman–Crippen LogP) is 3.86. The van der Waals surface area contributed by atoms with Crippen LogP contribution in [0.5, 0.6) is 0 Å². The molecule has 0 saturated heterocycles. The molecule has 1 heterocycles. The number of aromatic nitrogens is 1. The molecule has 0 fully saturated rings. The Morgan fingerprint density at radius 2 is 1.91 bits per heavy atom. The quantitative estimate of drug-likeness (QED) is 0.371. The summed E-state index contributed by atoms with van der Waals surface area (Å²) < 4.78 is 37.9. The maximum Gasteiger partial charge on any atom is 0.412 e. The minimum atomic E-state index is -1.03. The molecule has 0 bridgehead atoms. The summed E-state index contributed by atoms with van der Waals surface area (Å²) in [4.78, 5) is 24.6. The van der Waals surface area contributed by atoms with Gasteiger partial charge in [-0.1, -0.05) is 47.6 Å². The van der Waals surface area contributed by atoms with E-state index in [9.17, 15) is 23.5 Å². The number of hydrogen-bond donors (Lipinski definition) is 3. The Kier molecular flexibility index (Phi) is 8.87. The fraction of sp³-hybridized carbons (Fsp3) is 0.292. The van der Waals surface area contributed by atoms with E-state index in [2.05, 4.69) is 15.9 Å². The Morgan fingerprint density at radius 3 is 2.60 bits per heavy atom. The summed E-state index contributed by atoms with van der Waals surface area (Å²) in [5, 5.41) is 17.2. The standard InChI is InChI=1S/C24H26F2N4O5/c1-15(31)11-19(30(16(2)32)27-13-18-9-6-10-20(25)23(18)26)14-34-24(33)28-22-12-21(35-29-22)17-7-4-3-5-8-17/h3-10,12,15,19,27,31H,11,13-14H2,1-2H3,(H,28,29,33)/t15-,19+/m1/s1. The molecule has 0 aliphatic carbocycles. The van der Waals surface area contributed by atoms with Gasteiger partial charge in [-0.3, -0.25) is 15.1 Å². The third-order valence-electron chi connectivity index (χ3n) is 4.99. The molecule has 35 heavy (non-hydrogen) atoms. The van der Waals surface area contributed by atoms with Gasteiger partial charge < -0.3 is 14.4 Å². The van der Waals surface area contributed by atoms with Crippen molar-refractivity contribution >= 4 is 17.8 Å². The number of nitrogens with zero attached hydrogens (tertiary/aromatic N) is 2. The van der Waals surface area contributed by atoms with Crippen molar-refractivity contribution in [1.29, 1.82) is 0 Å². The SMILES string of the molecule is CC(=O)N(NCc1cccc(F)c1F)[C@H](COC(=O)Nc1cc(-c2ccccc2)on1)C[C@@H](C)O. The number of halogens is 2. The highest BCUT2D eigenvalue weighted by molar-refractivity contribution is 5.84. The van der Waals surface area contributed by atoms with E-state index in [0.29, 0.717) is 5.76 Å². The molecule has 0 aliphatic heterocycles. The summed E-state index contributed by atoms with van der Waals surface area (Å²) in [7, 11) is 0. The monoisotopic (exact) mass is 488 g/mol. The molecule has 11 heteroatoms. The molecule has 2 aromatic carbocycles. The van der Waals surface area contributed by atoms with Crippen molar-refractivity contribution in [1.82, 2.24) is 15.6 Å². The first kappa shape index (κ1) is 25.8. The van der Waals surface area contributed by atoms with E-state index in [1.165, 1.54) is 32.0 Å². The second-order valence-corrected chi connectivity index (χ2v) is 7.84. The number of anilines is 1. The van der Waals surface area contributed by atoms with Gasteiger partial charge in [0.1, 0.15) is 6.61 Å². The molecule has 3 aromatic rings. The third-order valence-corrected chi connectivity index (χ3v) is 4.99. The molecule has 0 radical (unpaired) electrons. The van der Waals surface area contributed by atoms with E-state index < -0.39 is 35.8 Å². The number of aliphatic hydroxyl groups excluding tert-OH is 1. The lowest BCUT2D eigenvalue weighted by atomic mass is 10.1. The zero-order valence-electron chi connectivity index (χ0n) is 19.2. The van der Waals surface area contributed by atoms with Crippen molar-refractivity contribution in [3.8, 4) is 11.3 Å². The third kappa shape index (κ3) is 7.33. The molecule has 0 spiro atoms. The lowest BCUT2D eigenvalue weighted by Crippen LogP contribution is -2.51. The molecule has 9 nitrogen and oxygen atoms in total. The zero-order valence-corrected chi connectivity index (χ0v) is 19.2. The van der Waals surface area contributed by atoms with E-state index in [1.807, 2.05) is 30.3 Å². The van der Waals surface area contributed by atoms with Gasteiger partial charge in [0.2, 0.25) is 5.91 Å². The van der Waals surface area contributed by atoms with Gasteiger partial charge in [0.25, 0.3) is 0 Å². The van der Waals surface area contributed by atoms with Crippen molar-refractivity contribution in [2.24, 2.45) is 0 Å². The maximum atomic E-state index is 14.0. The smallest absolute Gasteiger partial charge is 0.412 e. The highest BCUT2D eigenvalue weighted by Crippen LogP contribution is 2.22. The first-order valence-corrected chi connectivity index (χ1v) is 10.8. The first-order chi connectivity index (χ1) is 16.7. The largest absolute Gasteiger partial charge is 0.447 e. The zero-order chi connectivity index (χ0) is 25.4. The van der Waals surface area contributed by atoms with E-state index in [4.69, 9.17) is 9.26 Å². The Morgan fingerprint density at radius 1 is 1.17 bits per heavy atom. The molecular formula is C24H26F2N4O5. The summed E-state index contributed by atoms with van der Waals surface area (Å²) in [5.74, 6) is -1.94. The fourth-order valence-corrected chi connectivity index (χ4v) is 3.38. The van der Waals surface area contributed by atoms with Crippen LogP contribution in [0.4, 0.5) is 19.4 Å². The van der Waals surface area contributed by atoms with E-state index in [0.717, 1.165) is 16.6 Å². The molecule has 0 aliphatic rings. The number of carbonyl (C=O) groups excluding carboxylic acids is 2. The number of hydrazine groups is 1. The van der Waals surface area contributed by atoms with Crippen molar-refractivity contribution in [2.45, 2.75) is 39.0 Å². The van der Waals surface area contributed by atoms with Crippen LogP contribution in [0.25, 0.3) is 11.3 Å². The van der Waals surface area contributed by atoms with Crippen LogP contribution in [0.2, 0.25) is 0 Å². The summed E-state index contributed by atoms with van der Waals surface area (Å²) >= 11 is 0. The van der Waals surface area contributed by atoms with Gasteiger partial charge in [-0.05, 0) is 19.4 Å². The van der Waals surface area contributed by atoms with Crippen molar-refractivity contribution in [2.75, 3.05) is 11.9 Å². The minimum Gasteiger partial charge on any atom is -0.447 e. The Hall–Kier alpha value is -3.83. The number of nitrogens with one attached hydrogen (secondary N) is 2. The van der Waals surface area contributed by atoms with Crippen LogP contribution in [-0.2, 0) is 16.1 Å². The second-order valence-electron chi connectivity index (χ2n) is 7.84. The molecule has 3 rings (SSSR count). The molecule has 1 aromatic heterocycles. The van der Waals surface area contributed by atoms with Crippen LogP contribution in [-0.4, -0.2) is 46.0 Å². The van der Waals surface area contributed by atoms with Crippen LogP contribution in [0.3, 0.4) is 0 Å². The average Bonchev–Trinajstić information content (AvgIpc) is 3.28. The van der Waals surface area contributed by atoms with Gasteiger partial charge in [0.15, 0.2) is 23.2 Å². The minimum absolute atomic E-state index is 0.00552. The molecule has 0 saturated carbocycles. The van der Waals surface area contributed by atoms with Crippen LogP contribution < -0.4 is 10.7 Å². The first-order valence-electron chi connectivity index (χ1n) is 10.8. The van der Waals surface area contributed by atoms with Gasteiger partial charge in [-0.15, -0.1) is 0 Å². The maximum absolute atomic E-state index is 14.0. The molecule has 3 N–H and O–H groups in total. The second kappa shape index (κ2) is 12.0. The predicted molar refractivity (Wildman–Crippen MR) is 123 cm³/mol.